The van der Waals surface area contributed by atoms with Crippen molar-refractivity contribution in [3.8, 4) is 5.69 Å². The Kier molecular flexibility index (Phi) is 5.95. The van der Waals surface area contributed by atoms with Crippen LogP contribution in [0.5, 0.6) is 0 Å². The molecule has 0 amide bonds. The highest BCUT2D eigenvalue weighted by atomic mass is 32.2. The molecule has 0 N–H and O–H groups in total. The molecule has 8 nitrogen and oxygen atoms in total. The Morgan fingerprint density at radius 1 is 1.09 bits per heavy atom. The van der Waals surface area contributed by atoms with Crippen LogP contribution in [0.3, 0.4) is 0 Å². The molecule has 0 saturated heterocycles. The van der Waals surface area contributed by atoms with Crippen LogP contribution in [0.25, 0.3) is 22.4 Å². The molecule has 3 aromatic heterocycles. The maximum atomic E-state index is 13.6. The molecule has 0 aliphatic heterocycles. The van der Waals surface area contributed by atoms with E-state index in [4.69, 9.17) is 4.52 Å². The van der Waals surface area contributed by atoms with Gasteiger partial charge in [-0.25, -0.2) is 4.57 Å². The van der Waals surface area contributed by atoms with Gasteiger partial charge in [0.15, 0.2) is 11.0 Å². The SMILES string of the molecule is CCCCc1noc(C(C)Sc2nnc3n(-c4cccc(C)c4C)c(=O)c4ccccc4n23)n1. The summed E-state index contributed by atoms with van der Waals surface area (Å²) in [5.41, 5.74) is 3.57. The van der Waals surface area contributed by atoms with E-state index in [-0.39, 0.29) is 10.8 Å². The maximum absolute atomic E-state index is 13.6. The summed E-state index contributed by atoms with van der Waals surface area (Å²) in [5, 5.41) is 14.2. The van der Waals surface area contributed by atoms with Crippen LogP contribution in [0.15, 0.2) is 56.9 Å². The minimum absolute atomic E-state index is 0.119. The van der Waals surface area contributed by atoms with Gasteiger partial charge in [-0.15, -0.1) is 10.2 Å². The van der Waals surface area contributed by atoms with Crippen molar-refractivity contribution < 1.29 is 4.52 Å². The third-order valence-corrected chi connectivity index (χ3v) is 7.11. The predicted octanol–water partition coefficient (Wildman–Crippen LogP) is 5.23. The first kappa shape index (κ1) is 22.3. The second-order valence-electron chi connectivity index (χ2n) is 8.41. The van der Waals surface area contributed by atoms with Gasteiger partial charge in [-0.05, 0) is 56.5 Å². The second-order valence-corrected chi connectivity index (χ2v) is 9.72. The molecule has 0 bridgehead atoms. The van der Waals surface area contributed by atoms with Crippen molar-refractivity contribution in [2.24, 2.45) is 0 Å². The van der Waals surface area contributed by atoms with Crippen LogP contribution in [0.4, 0.5) is 0 Å². The molecule has 0 aliphatic carbocycles. The second kappa shape index (κ2) is 9.06. The van der Waals surface area contributed by atoms with Gasteiger partial charge in [-0.1, -0.05) is 54.5 Å². The summed E-state index contributed by atoms with van der Waals surface area (Å²) in [6.45, 7) is 8.19. The van der Waals surface area contributed by atoms with E-state index in [2.05, 4.69) is 27.3 Å². The van der Waals surface area contributed by atoms with Crippen molar-refractivity contribution >= 4 is 28.4 Å². The third-order valence-electron chi connectivity index (χ3n) is 6.08. The average molecular weight is 475 g/mol. The zero-order valence-corrected chi connectivity index (χ0v) is 20.5. The number of aromatic nitrogens is 6. The van der Waals surface area contributed by atoms with Gasteiger partial charge in [0.25, 0.3) is 5.56 Å². The van der Waals surface area contributed by atoms with Crippen molar-refractivity contribution in [2.45, 2.75) is 57.4 Å². The quantitative estimate of drug-likeness (QED) is 0.298. The van der Waals surface area contributed by atoms with Crippen LogP contribution in [-0.4, -0.2) is 29.3 Å². The van der Waals surface area contributed by atoms with E-state index < -0.39 is 0 Å². The maximum Gasteiger partial charge on any atom is 0.267 e. The van der Waals surface area contributed by atoms with Gasteiger partial charge in [-0.3, -0.25) is 9.20 Å². The van der Waals surface area contributed by atoms with Crippen molar-refractivity contribution in [3.05, 3.63) is 75.7 Å². The van der Waals surface area contributed by atoms with E-state index in [1.54, 1.807) is 4.57 Å². The zero-order chi connectivity index (χ0) is 23.8. The standard InChI is InChI=1S/C25H26N6O2S/c1-5-6-14-21-26-22(33-29-21)17(4)34-25-28-27-24-30(19-13-9-10-15(2)16(19)3)23(32)18-11-7-8-12-20(18)31(24)25/h7-13,17H,5-6,14H2,1-4H3. The summed E-state index contributed by atoms with van der Waals surface area (Å²) >= 11 is 1.48. The van der Waals surface area contributed by atoms with Gasteiger partial charge < -0.3 is 4.52 Å². The monoisotopic (exact) mass is 474 g/mol. The molecule has 0 radical (unpaired) electrons. The molecule has 2 aromatic carbocycles. The number of aryl methyl sites for hydroxylation is 2. The van der Waals surface area contributed by atoms with Gasteiger partial charge in [0.05, 0.1) is 21.8 Å². The summed E-state index contributed by atoms with van der Waals surface area (Å²) in [7, 11) is 0. The lowest BCUT2D eigenvalue weighted by Crippen LogP contribution is -2.22. The number of unbranched alkanes of at least 4 members (excludes halogenated alkanes) is 1. The lowest BCUT2D eigenvalue weighted by Gasteiger charge is -2.14. The van der Waals surface area contributed by atoms with E-state index in [0.29, 0.717) is 22.2 Å². The van der Waals surface area contributed by atoms with E-state index in [0.717, 1.165) is 47.4 Å². The number of benzene rings is 2. The minimum atomic E-state index is -0.130. The molecule has 1 atom stereocenters. The molecule has 5 aromatic rings. The average Bonchev–Trinajstić information content (AvgIpc) is 3.48. The number of para-hydroxylation sites is 1. The van der Waals surface area contributed by atoms with Crippen LogP contribution in [0, 0.1) is 13.8 Å². The molecule has 0 saturated carbocycles. The summed E-state index contributed by atoms with van der Waals surface area (Å²) < 4.78 is 9.11. The molecule has 0 spiro atoms. The fraction of sp³-hybridized carbons (Fsp3) is 0.320. The first-order valence-corrected chi connectivity index (χ1v) is 12.3. The van der Waals surface area contributed by atoms with E-state index >= 15 is 0 Å². The van der Waals surface area contributed by atoms with E-state index in [9.17, 15) is 4.79 Å². The van der Waals surface area contributed by atoms with Crippen LogP contribution >= 0.6 is 11.8 Å². The highest BCUT2D eigenvalue weighted by Gasteiger charge is 2.23. The Hall–Kier alpha value is -3.46. The van der Waals surface area contributed by atoms with Crippen LogP contribution in [0.2, 0.25) is 0 Å². The number of hydrogen-bond acceptors (Lipinski definition) is 7. The van der Waals surface area contributed by atoms with Crippen molar-refractivity contribution in [2.75, 3.05) is 0 Å². The number of rotatable bonds is 7. The fourth-order valence-electron chi connectivity index (χ4n) is 4.03. The first-order valence-electron chi connectivity index (χ1n) is 11.4. The minimum Gasteiger partial charge on any atom is -0.338 e. The molecule has 9 heteroatoms. The number of thioether (sulfide) groups is 1. The smallest absolute Gasteiger partial charge is 0.267 e. The molecule has 0 fully saturated rings. The van der Waals surface area contributed by atoms with Gasteiger partial charge in [0.2, 0.25) is 11.7 Å². The molecule has 174 valence electrons. The van der Waals surface area contributed by atoms with Crippen LogP contribution in [0.1, 0.15) is 54.8 Å². The number of fused-ring (bicyclic) bond motifs is 3. The van der Waals surface area contributed by atoms with E-state index in [1.807, 2.05) is 67.6 Å². The normalized spacial score (nSPS) is 12.6. The van der Waals surface area contributed by atoms with Gasteiger partial charge >= 0.3 is 0 Å². The molecule has 1 unspecified atom stereocenters. The van der Waals surface area contributed by atoms with Crippen molar-refractivity contribution in [1.82, 2.24) is 29.3 Å². The van der Waals surface area contributed by atoms with Gasteiger partial charge in [0.1, 0.15) is 0 Å². The van der Waals surface area contributed by atoms with Crippen molar-refractivity contribution in [3.63, 3.8) is 0 Å². The van der Waals surface area contributed by atoms with Crippen molar-refractivity contribution in [1.29, 1.82) is 0 Å². The highest BCUT2D eigenvalue weighted by Crippen LogP contribution is 2.34. The third kappa shape index (κ3) is 3.79. The molecular formula is C25H26N6O2S. The molecule has 3 heterocycles. The topological polar surface area (TPSA) is 91.1 Å². The fourth-order valence-corrected chi connectivity index (χ4v) is 4.91. The van der Waals surface area contributed by atoms with Gasteiger partial charge in [-0.2, -0.15) is 4.98 Å². The Morgan fingerprint density at radius 3 is 2.74 bits per heavy atom. The largest absolute Gasteiger partial charge is 0.338 e. The summed E-state index contributed by atoms with van der Waals surface area (Å²) in [6, 6.07) is 13.5. The lowest BCUT2D eigenvalue weighted by molar-refractivity contribution is 0.374. The Morgan fingerprint density at radius 2 is 1.91 bits per heavy atom. The highest BCUT2D eigenvalue weighted by molar-refractivity contribution is 7.99. The molecule has 5 rings (SSSR count). The van der Waals surface area contributed by atoms with Gasteiger partial charge in [0, 0.05) is 6.42 Å². The lowest BCUT2D eigenvalue weighted by atomic mass is 10.1. The van der Waals surface area contributed by atoms with Crippen LogP contribution < -0.4 is 5.56 Å². The summed E-state index contributed by atoms with van der Waals surface area (Å²) in [5.74, 6) is 1.76. The number of hydrogen-bond donors (Lipinski definition) is 0. The Labute approximate surface area is 201 Å². The predicted molar refractivity (Wildman–Crippen MR) is 133 cm³/mol. The van der Waals surface area contributed by atoms with Crippen LogP contribution in [-0.2, 0) is 6.42 Å². The molecule has 34 heavy (non-hydrogen) atoms. The number of nitrogens with zero attached hydrogens (tertiary/aromatic N) is 6. The Bertz CT molecular complexity index is 1550. The summed E-state index contributed by atoms with van der Waals surface area (Å²) in [6.07, 6.45) is 2.91. The first-order chi connectivity index (χ1) is 16.5. The molecular weight excluding hydrogens is 448 g/mol. The molecule has 0 aliphatic rings. The summed E-state index contributed by atoms with van der Waals surface area (Å²) in [4.78, 5) is 18.2. The Balaban J connectivity index is 1.65. The zero-order valence-electron chi connectivity index (χ0n) is 19.6. The van der Waals surface area contributed by atoms with E-state index in [1.165, 1.54) is 11.8 Å².